The minimum atomic E-state index is 0.559. The van der Waals surface area contributed by atoms with E-state index in [9.17, 15) is 0 Å². The normalized spacial score (nSPS) is 13.0. The first-order valence-corrected chi connectivity index (χ1v) is 6.23. The SMILES string of the molecule is CCCCCC(C)NCc1nnc(C)n1C. The summed E-state index contributed by atoms with van der Waals surface area (Å²) in [4.78, 5) is 0. The molecule has 1 unspecified atom stereocenters. The fraction of sp³-hybridized carbons (Fsp3) is 0.833. The second kappa shape index (κ2) is 6.63. The molecular weight excluding hydrogens is 200 g/mol. The molecule has 4 nitrogen and oxygen atoms in total. The van der Waals surface area contributed by atoms with Crippen LogP contribution in [0.3, 0.4) is 0 Å². The highest BCUT2D eigenvalue weighted by Gasteiger charge is 2.06. The molecule has 0 bridgehead atoms. The Labute approximate surface area is 98.5 Å². The molecule has 0 fully saturated rings. The summed E-state index contributed by atoms with van der Waals surface area (Å²) < 4.78 is 2.03. The minimum absolute atomic E-state index is 0.559. The lowest BCUT2D eigenvalue weighted by atomic mass is 10.1. The van der Waals surface area contributed by atoms with Crippen molar-refractivity contribution in [3.63, 3.8) is 0 Å². The second-order valence-corrected chi connectivity index (χ2v) is 4.50. The Balaban J connectivity index is 2.26. The maximum absolute atomic E-state index is 4.13. The monoisotopic (exact) mass is 224 g/mol. The summed E-state index contributed by atoms with van der Waals surface area (Å²) in [5, 5.41) is 11.7. The number of hydrogen-bond acceptors (Lipinski definition) is 3. The number of aryl methyl sites for hydroxylation is 1. The first kappa shape index (κ1) is 13.2. The van der Waals surface area contributed by atoms with Crippen LogP contribution in [0.4, 0.5) is 0 Å². The summed E-state index contributed by atoms with van der Waals surface area (Å²) in [7, 11) is 2.01. The van der Waals surface area contributed by atoms with Crippen molar-refractivity contribution in [2.24, 2.45) is 7.05 Å². The van der Waals surface area contributed by atoms with Gasteiger partial charge in [0, 0.05) is 13.1 Å². The lowest BCUT2D eigenvalue weighted by Crippen LogP contribution is -2.26. The lowest BCUT2D eigenvalue weighted by Gasteiger charge is -2.12. The molecule has 1 N–H and O–H groups in total. The standard InChI is InChI=1S/C12H24N4/c1-5-6-7-8-10(2)13-9-12-15-14-11(3)16(12)4/h10,13H,5-9H2,1-4H3. The molecule has 4 heteroatoms. The van der Waals surface area contributed by atoms with Crippen molar-refractivity contribution in [1.29, 1.82) is 0 Å². The number of nitrogens with zero attached hydrogens (tertiary/aromatic N) is 3. The first-order chi connectivity index (χ1) is 7.65. The van der Waals surface area contributed by atoms with Gasteiger partial charge in [-0.25, -0.2) is 0 Å². The van der Waals surface area contributed by atoms with Crippen LogP contribution in [0.2, 0.25) is 0 Å². The van der Waals surface area contributed by atoms with Crippen LogP contribution < -0.4 is 5.32 Å². The summed E-state index contributed by atoms with van der Waals surface area (Å²) >= 11 is 0. The Morgan fingerprint density at radius 3 is 2.62 bits per heavy atom. The molecule has 0 aliphatic rings. The highest BCUT2D eigenvalue weighted by Crippen LogP contribution is 2.04. The molecule has 0 saturated carbocycles. The molecule has 0 aliphatic carbocycles. The van der Waals surface area contributed by atoms with Gasteiger partial charge in [0.25, 0.3) is 0 Å². The lowest BCUT2D eigenvalue weighted by molar-refractivity contribution is 0.475. The smallest absolute Gasteiger partial charge is 0.146 e. The zero-order valence-corrected chi connectivity index (χ0v) is 11.0. The van der Waals surface area contributed by atoms with Crippen LogP contribution in [0.5, 0.6) is 0 Å². The summed E-state index contributed by atoms with van der Waals surface area (Å²) in [6.45, 7) is 7.26. The van der Waals surface area contributed by atoms with Crippen LogP contribution in [-0.4, -0.2) is 20.8 Å². The molecule has 0 amide bonds. The Bertz CT molecular complexity index is 306. The topological polar surface area (TPSA) is 42.7 Å². The third kappa shape index (κ3) is 3.93. The van der Waals surface area contributed by atoms with Crippen LogP contribution in [-0.2, 0) is 13.6 Å². The van der Waals surface area contributed by atoms with E-state index >= 15 is 0 Å². The van der Waals surface area contributed by atoms with E-state index in [1.165, 1.54) is 25.7 Å². The average Bonchev–Trinajstić information content (AvgIpc) is 2.58. The number of rotatable bonds is 7. The molecule has 1 aromatic rings. The quantitative estimate of drug-likeness (QED) is 0.722. The van der Waals surface area contributed by atoms with E-state index in [1.807, 2.05) is 18.5 Å². The molecule has 1 aromatic heterocycles. The average molecular weight is 224 g/mol. The Morgan fingerprint density at radius 2 is 2.06 bits per heavy atom. The number of unbranched alkanes of at least 4 members (excludes halogenated alkanes) is 2. The fourth-order valence-electron chi connectivity index (χ4n) is 1.67. The molecule has 0 saturated heterocycles. The number of nitrogens with one attached hydrogen (secondary N) is 1. The van der Waals surface area contributed by atoms with Gasteiger partial charge in [-0.2, -0.15) is 0 Å². The molecule has 92 valence electrons. The summed E-state index contributed by atoms with van der Waals surface area (Å²) in [5.74, 6) is 1.98. The van der Waals surface area contributed by atoms with Crippen molar-refractivity contribution in [2.75, 3.05) is 0 Å². The van der Waals surface area contributed by atoms with Gasteiger partial charge in [0.2, 0.25) is 0 Å². The molecule has 0 aromatic carbocycles. The van der Waals surface area contributed by atoms with Crippen molar-refractivity contribution in [3.8, 4) is 0 Å². The summed E-state index contributed by atoms with van der Waals surface area (Å²) in [5.41, 5.74) is 0. The van der Waals surface area contributed by atoms with Crippen LogP contribution in [0, 0.1) is 6.92 Å². The highest BCUT2D eigenvalue weighted by atomic mass is 15.3. The zero-order chi connectivity index (χ0) is 12.0. The summed E-state index contributed by atoms with van der Waals surface area (Å²) in [6.07, 6.45) is 5.16. The van der Waals surface area contributed by atoms with E-state index in [0.29, 0.717) is 6.04 Å². The molecule has 0 spiro atoms. The maximum Gasteiger partial charge on any atom is 0.146 e. The van der Waals surface area contributed by atoms with Crippen molar-refractivity contribution in [3.05, 3.63) is 11.6 Å². The van der Waals surface area contributed by atoms with Gasteiger partial charge in [-0.15, -0.1) is 10.2 Å². The molecule has 16 heavy (non-hydrogen) atoms. The Morgan fingerprint density at radius 1 is 1.31 bits per heavy atom. The maximum atomic E-state index is 4.13. The number of aromatic nitrogens is 3. The van der Waals surface area contributed by atoms with Gasteiger partial charge in [-0.1, -0.05) is 26.2 Å². The van der Waals surface area contributed by atoms with Crippen molar-refractivity contribution < 1.29 is 0 Å². The fourth-order valence-corrected chi connectivity index (χ4v) is 1.67. The first-order valence-electron chi connectivity index (χ1n) is 6.23. The largest absolute Gasteiger partial charge is 0.317 e. The van der Waals surface area contributed by atoms with Gasteiger partial charge in [-0.05, 0) is 20.3 Å². The van der Waals surface area contributed by atoms with Gasteiger partial charge in [0.15, 0.2) is 0 Å². The predicted octanol–water partition coefficient (Wildman–Crippen LogP) is 2.18. The van der Waals surface area contributed by atoms with E-state index in [4.69, 9.17) is 0 Å². The van der Waals surface area contributed by atoms with Gasteiger partial charge in [0.05, 0.1) is 6.54 Å². The van der Waals surface area contributed by atoms with Gasteiger partial charge >= 0.3 is 0 Å². The van der Waals surface area contributed by atoms with Gasteiger partial charge in [0.1, 0.15) is 11.6 Å². The van der Waals surface area contributed by atoms with E-state index in [2.05, 4.69) is 29.4 Å². The zero-order valence-electron chi connectivity index (χ0n) is 11.0. The summed E-state index contributed by atoms with van der Waals surface area (Å²) in [6, 6.07) is 0.559. The van der Waals surface area contributed by atoms with E-state index in [0.717, 1.165) is 18.2 Å². The molecule has 1 atom stereocenters. The van der Waals surface area contributed by atoms with E-state index < -0.39 is 0 Å². The van der Waals surface area contributed by atoms with Gasteiger partial charge in [-0.3, -0.25) is 0 Å². The minimum Gasteiger partial charge on any atom is -0.317 e. The third-order valence-electron chi connectivity index (χ3n) is 3.03. The van der Waals surface area contributed by atoms with Crippen LogP contribution in [0.1, 0.15) is 51.2 Å². The van der Waals surface area contributed by atoms with Crippen LogP contribution in [0.25, 0.3) is 0 Å². The van der Waals surface area contributed by atoms with Crippen molar-refractivity contribution >= 4 is 0 Å². The highest BCUT2D eigenvalue weighted by molar-refractivity contribution is 4.92. The van der Waals surface area contributed by atoms with Crippen LogP contribution >= 0.6 is 0 Å². The predicted molar refractivity (Wildman–Crippen MR) is 66.2 cm³/mol. The molecule has 0 aliphatic heterocycles. The number of hydrogen-bond donors (Lipinski definition) is 1. The van der Waals surface area contributed by atoms with Crippen molar-refractivity contribution in [1.82, 2.24) is 20.1 Å². The molecule has 1 rings (SSSR count). The Kier molecular flexibility index (Phi) is 5.46. The van der Waals surface area contributed by atoms with E-state index in [-0.39, 0.29) is 0 Å². The third-order valence-corrected chi connectivity index (χ3v) is 3.03. The molecule has 0 radical (unpaired) electrons. The second-order valence-electron chi connectivity index (χ2n) is 4.50. The van der Waals surface area contributed by atoms with Crippen LogP contribution in [0.15, 0.2) is 0 Å². The molecule has 1 heterocycles. The Hall–Kier alpha value is -0.900. The van der Waals surface area contributed by atoms with E-state index in [1.54, 1.807) is 0 Å². The van der Waals surface area contributed by atoms with Gasteiger partial charge < -0.3 is 9.88 Å². The molecular formula is C12H24N4. The van der Waals surface area contributed by atoms with Crippen molar-refractivity contribution in [2.45, 2.75) is 59.0 Å².